The van der Waals surface area contributed by atoms with Crippen molar-refractivity contribution in [3.8, 4) is 5.88 Å². The number of ether oxygens (including phenoxy) is 2. The van der Waals surface area contributed by atoms with Crippen LogP contribution in [0.1, 0.15) is 71.9 Å². The zero-order valence-electron chi connectivity index (χ0n) is 21.5. The molecular formula is C27H36N4O5. The second-order valence-electron chi connectivity index (χ2n) is 9.90. The average molecular weight is 497 g/mol. The highest BCUT2D eigenvalue weighted by Crippen LogP contribution is 2.43. The molecule has 0 spiro atoms. The number of nitrogens with zero attached hydrogens (tertiary/aromatic N) is 2. The van der Waals surface area contributed by atoms with Crippen LogP contribution in [-0.2, 0) is 22.4 Å². The molecule has 36 heavy (non-hydrogen) atoms. The lowest BCUT2D eigenvalue weighted by molar-refractivity contribution is -0.195. The van der Waals surface area contributed by atoms with E-state index in [9.17, 15) is 14.7 Å². The number of carbonyl (C=O) groups is 2. The predicted octanol–water partition coefficient (Wildman–Crippen LogP) is 3.81. The van der Waals surface area contributed by atoms with Gasteiger partial charge in [0.25, 0.3) is 5.91 Å². The Labute approximate surface area is 212 Å². The van der Waals surface area contributed by atoms with Crippen molar-refractivity contribution in [1.29, 1.82) is 0 Å². The molecule has 2 aromatic heterocycles. The molecule has 9 heteroatoms. The first-order valence-corrected chi connectivity index (χ1v) is 12.7. The van der Waals surface area contributed by atoms with Gasteiger partial charge in [-0.05, 0) is 81.9 Å². The maximum Gasteiger partial charge on any atom is 0.332 e. The first-order valence-electron chi connectivity index (χ1n) is 12.7. The molecule has 1 amide bonds. The average Bonchev–Trinajstić information content (AvgIpc) is 2.83. The number of nitrogens with one attached hydrogen (secondary N) is 2. The highest BCUT2D eigenvalue weighted by molar-refractivity contribution is 5.97. The summed E-state index contributed by atoms with van der Waals surface area (Å²) in [6.45, 7) is 6.31. The molecule has 9 nitrogen and oxygen atoms in total. The fraction of sp³-hybridized carbons (Fsp3) is 0.556. The number of hydrogen-bond acceptors (Lipinski definition) is 7. The lowest BCUT2D eigenvalue weighted by Crippen LogP contribution is -2.61. The van der Waals surface area contributed by atoms with Crippen LogP contribution in [0, 0.1) is 19.8 Å². The van der Waals surface area contributed by atoms with Crippen LogP contribution in [0.15, 0.2) is 18.2 Å². The highest BCUT2D eigenvalue weighted by atomic mass is 16.5. The SMILES string of the molecule is CCC(OC1(NC(=O)c2c(C)cc(OC)nc2C)CC(CCc2ccc3c(n2)NCCC3)C1)C(=O)O. The number of anilines is 1. The maximum absolute atomic E-state index is 13.3. The van der Waals surface area contributed by atoms with E-state index in [2.05, 4.69) is 27.8 Å². The van der Waals surface area contributed by atoms with Crippen molar-refractivity contribution in [2.45, 2.75) is 77.5 Å². The normalized spacial score (nSPS) is 21.5. The van der Waals surface area contributed by atoms with E-state index in [4.69, 9.17) is 14.5 Å². The van der Waals surface area contributed by atoms with E-state index >= 15 is 0 Å². The van der Waals surface area contributed by atoms with Gasteiger partial charge in [0.15, 0.2) is 6.10 Å². The molecule has 4 rings (SSSR count). The third-order valence-electron chi connectivity index (χ3n) is 7.16. The van der Waals surface area contributed by atoms with Crippen molar-refractivity contribution in [3.63, 3.8) is 0 Å². The molecule has 1 aliphatic carbocycles. The molecule has 1 fully saturated rings. The van der Waals surface area contributed by atoms with Crippen LogP contribution in [0.4, 0.5) is 5.82 Å². The van der Waals surface area contributed by atoms with Gasteiger partial charge in [-0.2, -0.15) is 0 Å². The number of methoxy groups -OCH3 is 1. The largest absolute Gasteiger partial charge is 0.481 e. The van der Waals surface area contributed by atoms with Gasteiger partial charge in [0.05, 0.1) is 18.4 Å². The number of rotatable bonds is 10. The van der Waals surface area contributed by atoms with Gasteiger partial charge in [-0.1, -0.05) is 13.0 Å². The summed E-state index contributed by atoms with van der Waals surface area (Å²) in [5, 5.41) is 16.0. The van der Waals surface area contributed by atoms with Crippen LogP contribution < -0.4 is 15.4 Å². The third-order valence-corrected chi connectivity index (χ3v) is 7.16. The van der Waals surface area contributed by atoms with Crippen molar-refractivity contribution < 1.29 is 24.2 Å². The summed E-state index contributed by atoms with van der Waals surface area (Å²) < 4.78 is 11.3. The molecule has 2 aromatic rings. The number of amides is 1. The first kappa shape index (κ1) is 25.9. The standard InChI is InChI=1S/C27H36N4O5/c1-5-21(26(33)34)36-27(31-25(32)23-16(2)13-22(35-4)29-17(23)3)14-18(15-27)8-10-20-11-9-19-7-6-12-28-24(19)30-20/h9,11,13,18,21H,5-8,10,12,14-15H2,1-4H3,(H,28,30)(H,31,32)(H,33,34). The van der Waals surface area contributed by atoms with Gasteiger partial charge in [0, 0.05) is 18.3 Å². The maximum atomic E-state index is 13.3. The molecule has 0 bridgehead atoms. The number of hydrogen-bond donors (Lipinski definition) is 3. The van der Waals surface area contributed by atoms with Gasteiger partial charge in [0.2, 0.25) is 5.88 Å². The quantitative estimate of drug-likeness (QED) is 0.425. The minimum atomic E-state index is -1.03. The van der Waals surface area contributed by atoms with Crippen molar-refractivity contribution >= 4 is 17.7 Å². The topological polar surface area (TPSA) is 123 Å². The summed E-state index contributed by atoms with van der Waals surface area (Å²) in [4.78, 5) is 34.1. The number of aromatic nitrogens is 2. The number of aryl methyl sites for hydroxylation is 4. The second-order valence-corrected chi connectivity index (χ2v) is 9.90. The monoisotopic (exact) mass is 496 g/mol. The smallest absolute Gasteiger partial charge is 0.332 e. The van der Waals surface area contributed by atoms with Gasteiger partial charge in [-0.3, -0.25) is 4.79 Å². The van der Waals surface area contributed by atoms with E-state index in [1.807, 2.05) is 6.92 Å². The summed E-state index contributed by atoms with van der Waals surface area (Å²) in [6.07, 6.45) is 4.31. The molecule has 3 N–H and O–H groups in total. The molecule has 0 saturated heterocycles. The van der Waals surface area contributed by atoms with Gasteiger partial charge in [-0.25, -0.2) is 14.8 Å². The summed E-state index contributed by atoms with van der Waals surface area (Å²) >= 11 is 0. The lowest BCUT2D eigenvalue weighted by atomic mass is 9.73. The predicted molar refractivity (Wildman–Crippen MR) is 135 cm³/mol. The van der Waals surface area contributed by atoms with E-state index in [1.165, 1.54) is 12.7 Å². The Kier molecular flexibility index (Phi) is 7.78. The minimum absolute atomic E-state index is 0.290. The molecule has 2 aliphatic rings. The van der Waals surface area contributed by atoms with Crippen LogP contribution in [0.25, 0.3) is 0 Å². The molecule has 1 unspecified atom stereocenters. The fourth-order valence-corrected chi connectivity index (χ4v) is 5.26. The Hall–Kier alpha value is -3.20. The lowest BCUT2D eigenvalue weighted by Gasteiger charge is -2.49. The molecular weight excluding hydrogens is 460 g/mol. The first-order chi connectivity index (χ1) is 17.2. The molecule has 0 radical (unpaired) electrons. The van der Waals surface area contributed by atoms with Crippen molar-refractivity contribution in [3.05, 3.63) is 46.3 Å². The van der Waals surface area contributed by atoms with Crippen molar-refractivity contribution in [1.82, 2.24) is 15.3 Å². The second kappa shape index (κ2) is 10.8. The van der Waals surface area contributed by atoms with Crippen LogP contribution in [-0.4, -0.2) is 52.4 Å². The molecule has 194 valence electrons. The number of pyridine rings is 2. The summed E-state index contributed by atoms with van der Waals surface area (Å²) in [5.74, 6) is 0.376. The Balaban J connectivity index is 1.45. The Bertz CT molecular complexity index is 1110. The Morgan fingerprint density at radius 1 is 1.28 bits per heavy atom. The molecule has 3 heterocycles. The number of carbonyl (C=O) groups excluding carboxylic acids is 1. The van der Waals surface area contributed by atoms with Crippen molar-refractivity contribution in [2.24, 2.45) is 5.92 Å². The highest BCUT2D eigenvalue weighted by Gasteiger charge is 2.48. The van der Waals surface area contributed by atoms with Crippen LogP contribution in [0.2, 0.25) is 0 Å². The van der Waals surface area contributed by atoms with Crippen LogP contribution >= 0.6 is 0 Å². The van der Waals surface area contributed by atoms with Gasteiger partial charge >= 0.3 is 5.97 Å². The van der Waals surface area contributed by atoms with E-state index in [0.717, 1.165) is 49.3 Å². The molecule has 1 atom stereocenters. The van der Waals surface area contributed by atoms with E-state index < -0.39 is 17.8 Å². The van der Waals surface area contributed by atoms with Crippen molar-refractivity contribution in [2.75, 3.05) is 19.0 Å². The third kappa shape index (κ3) is 5.61. The van der Waals surface area contributed by atoms with E-state index in [-0.39, 0.29) is 5.91 Å². The zero-order chi connectivity index (χ0) is 25.9. The fourth-order valence-electron chi connectivity index (χ4n) is 5.26. The minimum Gasteiger partial charge on any atom is -0.481 e. The summed E-state index contributed by atoms with van der Waals surface area (Å²) in [7, 11) is 1.53. The molecule has 1 aliphatic heterocycles. The molecule has 1 saturated carbocycles. The van der Waals surface area contributed by atoms with Crippen LogP contribution in [0.5, 0.6) is 5.88 Å². The number of carboxylic acid groups (broad SMARTS) is 1. The molecule has 0 aromatic carbocycles. The zero-order valence-corrected chi connectivity index (χ0v) is 21.5. The van der Waals surface area contributed by atoms with Gasteiger partial charge < -0.3 is 25.2 Å². The van der Waals surface area contributed by atoms with E-state index in [0.29, 0.717) is 42.3 Å². The number of fused-ring (bicyclic) bond motifs is 1. The Morgan fingerprint density at radius 2 is 2.06 bits per heavy atom. The summed E-state index contributed by atoms with van der Waals surface area (Å²) in [5.41, 5.74) is 3.02. The van der Waals surface area contributed by atoms with Crippen LogP contribution in [0.3, 0.4) is 0 Å². The Morgan fingerprint density at radius 3 is 2.72 bits per heavy atom. The number of aliphatic carboxylic acids is 1. The van der Waals surface area contributed by atoms with Gasteiger partial charge in [-0.15, -0.1) is 0 Å². The number of carboxylic acids is 1. The van der Waals surface area contributed by atoms with E-state index in [1.54, 1.807) is 19.9 Å². The summed E-state index contributed by atoms with van der Waals surface area (Å²) in [6, 6.07) is 5.96. The van der Waals surface area contributed by atoms with Gasteiger partial charge in [0.1, 0.15) is 11.5 Å².